The van der Waals surface area contributed by atoms with Crippen LogP contribution in [0.25, 0.3) is 0 Å². The highest BCUT2D eigenvalue weighted by atomic mass is 79.9. The number of hydrogen-bond donors (Lipinski definition) is 1. The molecule has 0 saturated carbocycles. The zero-order valence-electron chi connectivity index (χ0n) is 10.6. The molecule has 1 amide bonds. The number of nitrogens with zero attached hydrogens (tertiary/aromatic N) is 2. The number of halogens is 1. The molecule has 19 heavy (non-hydrogen) atoms. The smallest absolute Gasteiger partial charge is 0.285 e. The van der Waals surface area contributed by atoms with E-state index in [4.69, 9.17) is 4.52 Å². The molecule has 0 aliphatic rings. The van der Waals surface area contributed by atoms with Crippen LogP contribution in [0.3, 0.4) is 0 Å². The average molecular weight is 325 g/mol. The fraction of sp³-hybridized carbons (Fsp3) is 0.308. The largest absolute Gasteiger partial charge is 0.302 e. The van der Waals surface area contributed by atoms with Crippen LogP contribution in [0.15, 0.2) is 39.5 Å². The summed E-state index contributed by atoms with van der Waals surface area (Å²) in [5.74, 6) is 0.114. The van der Waals surface area contributed by atoms with Gasteiger partial charge < -0.3 is 0 Å². The van der Waals surface area contributed by atoms with E-state index in [-0.39, 0.29) is 5.91 Å². The van der Waals surface area contributed by atoms with Gasteiger partial charge in [0.2, 0.25) is 5.27 Å². The second kappa shape index (κ2) is 6.47. The molecule has 0 radical (unpaired) electrons. The zero-order valence-corrected chi connectivity index (χ0v) is 12.2. The van der Waals surface area contributed by atoms with Crippen LogP contribution in [0.2, 0.25) is 0 Å². The number of hydrogen-bond acceptors (Lipinski definition) is 3. The van der Waals surface area contributed by atoms with Crippen molar-refractivity contribution in [2.75, 3.05) is 5.32 Å². The van der Waals surface area contributed by atoms with Crippen molar-refractivity contribution >= 4 is 27.7 Å². The first-order chi connectivity index (χ1) is 9.20. The molecule has 0 fully saturated rings. The van der Waals surface area contributed by atoms with Crippen LogP contribution in [0.1, 0.15) is 30.1 Å². The van der Waals surface area contributed by atoms with Gasteiger partial charge in [-0.15, -0.1) is 0 Å². The van der Waals surface area contributed by atoms with Gasteiger partial charge in [0.15, 0.2) is 6.54 Å². The molecule has 1 aromatic carbocycles. The van der Waals surface area contributed by atoms with Gasteiger partial charge in [0.05, 0.1) is 5.56 Å². The SMILES string of the molecule is CCCC[n+]1cc(NC(=O)c2ccccc2Br)on1. The van der Waals surface area contributed by atoms with Crippen LogP contribution in [0, 0.1) is 0 Å². The minimum absolute atomic E-state index is 0.230. The normalized spacial score (nSPS) is 10.4. The fourth-order valence-electron chi connectivity index (χ4n) is 1.58. The Morgan fingerprint density at radius 2 is 2.26 bits per heavy atom. The summed E-state index contributed by atoms with van der Waals surface area (Å²) >= 11 is 3.34. The Kier molecular flexibility index (Phi) is 4.68. The molecule has 0 saturated heterocycles. The van der Waals surface area contributed by atoms with Crippen LogP contribution in [0.4, 0.5) is 5.88 Å². The highest BCUT2D eigenvalue weighted by molar-refractivity contribution is 9.10. The molecule has 100 valence electrons. The summed E-state index contributed by atoms with van der Waals surface area (Å²) < 4.78 is 7.48. The first kappa shape index (κ1) is 13.7. The zero-order chi connectivity index (χ0) is 13.7. The molecule has 0 aliphatic heterocycles. The van der Waals surface area contributed by atoms with Crippen molar-refractivity contribution in [2.24, 2.45) is 0 Å². The summed E-state index contributed by atoms with van der Waals surface area (Å²) in [6.07, 6.45) is 3.79. The molecule has 1 N–H and O–H groups in total. The number of nitrogens with one attached hydrogen (secondary N) is 1. The molecule has 0 atom stereocenters. The van der Waals surface area contributed by atoms with E-state index in [1.54, 1.807) is 16.9 Å². The van der Waals surface area contributed by atoms with E-state index in [1.807, 2.05) is 18.2 Å². The summed E-state index contributed by atoms with van der Waals surface area (Å²) in [5, 5.41) is 6.52. The number of aromatic nitrogens is 2. The molecule has 6 heteroatoms. The lowest BCUT2D eigenvalue weighted by Crippen LogP contribution is -2.34. The maximum Gasteiger partial charge on any atom is 0.302 e. The standard InChI is InChI=1S/C13H14BrN3O2/c1-2-3-8-17-9-12(19-16-17)15-13(18)10-6-4-5-7-11(10)14/h4-7,9H,2-3,8H2,1H3/p+1. The number of carbonyl (C=O) groups excluding carboxylic acids is 1. The third kappa shape index (κ3) is 3.64. The molecule has 0 spiro atoms. The average Bonchev–Trinajstić information content (AvgIpc) is 2.84. The third-order valence-electron chi connectivity index (χ3n) is 2.61. The van der Waals surface area contributed by atoms with Crippen LogP contribution < -0.4 is 10.00 Å². The number of anilines is 1. The van der Waals surface area contributed by atoms with Gasteiger partial charge >= 0.3 is 5.88 Å². The van der Waals surface area contributed by atoms with Gasteiger partial charge in [0.1, 0.15) is 0 Å². The third-order valence-corrected chi connectivity index (χ3v) is 3.30. The number of aryl methyl sites for hydroxylation is 1. The Hall–Kier alpha value is -1.69. The van der Waals surface area contributed by atoms with Crippen molar-refractivity contribution in [3.8, 4) is 0 Å². The van der Waals surface area contributed by atoms with E-state index < -0.39 is 0 Å². The molecule has 0 unspecified atom stereocenters. The predicted octanol–water partition coefficient (Wildman–Crippen LogP) is 2.78. The lowest BCUT2D eigenvalue weighted by atomic mass is 10.2. The number of rotatable bonds is 5. The molecule has 0 aliphatic carbocycles. The Morgan fingerprint density at radius 3 is 3.00 bits per heavy atom. The highest BCUT2D eigenvalue weighted by Gasteiger charge is 2.15. The molecule has 2 aromatic rings. The quantitative estimate of drug-likeness (QED) is 0.860. The van der Waals surface area contributed by atoms with Gasteiger partial charge in [-0.2, -0.15) is 0 Å². The molecule has 2 rings (SSSR count). The van der Waals surface area contributed by atoms with E-state index in [0.717, 1.165) is 23.9 Å². The van der Waals surface area contributed by atoms with Gasteiger partial charge in [-0.05, 0) is 28.1 Å². The number of unbranched alkanes of at least 4 members (excludes halogenated alkanes) is 1. The van der Waals surface area contributed by atoms with Crippen LogP contribution in [-0.2, 0) is 6.54 Å². The Labute approximate surface area is 119 Å². The van der Waals surface area contributed by atoms with Gasteiger partial charge in [-0.25, -0.2) is 0 Å². The van der Waals surface area contributed by atoms with E-state index >= 15 is 0 Å². The van der Waals surface area contributed by atoms with E-state index in [9.17, 15) is 4.79 Å². The predicted molar refractivity (Wildman–Crippen MR) is 73.7 cm³/mol. The van der Waals surface area contributed by atoms with Gasteiger partial charge in [0, 0.05) is 10.9 Å². The Bertz CT molecular complexity index is 569. The van der Waals surface area contributed by atoms with Crippen LogP contribution >= 0.6 is 15.9 Å². The molecular weight excluding hydrogens is 310 g/mol. The first-order valence-electron chi connectivity index (χ1n) is 6.13. The number of benzene rings is 1. The lowest BCUT2D eigenvalue weighted by Gasteiger charge is -2.01. The van der Waals surface area contributed by atoms with Crippen molar-refractivity contribution in [1.29, 1.82) is 0 Å². The minimum atomic E-state index is -0.230. The van der Waals surface area contributed by atoms with Crippen molar-refractivity contribution in [3.05, 3.63) is 40.5 Å². The lowest BCUT2D eigenvalue weighted by molar-refractivity contribution is -0.762. The molecule has 0 bridgehead atoms. The van der Waals surface area contributed by atoms with Crippen molar-refractivity contribution in [1.82, 2.24) is 5.27 Å². The molecule has 1 heterocycles. The van der Waals surface area contributed by atoms with Crippen LogP contribution in [-0.4, -0.2) is 11.2 Å². The summed E-state index contributed by atoms with van der Waals surface area (Å²) in [5.41, 5.74) is 0.555. The van der Waals surface area contributed by atoms with Crippen molar-refractivity contribution in [2.45, 2.75) is 26.3 Å². The van der Waals surface area contributed by atoms with E-state index in [2.05, 4.69) is 33.4 Å². The minimum Gasteiger partial charge on any atom is -0.285 e. The van der Waals surface area contributed by atoms with Gasteiger partial charge in [-0.1, -0.05) is 30.2 Å². The summed E-state index contributed by atoms with van der Waals surface area (Å²) in [6, 6.07) is 7.22. The summed E-state index contributed by atoms with van der Waals surface area (Å²) in [7, 11) is 0. The second-order valence-electron chi connectivity index (χ2n) is 4.12. The topological polar surface area (TPSA) is 59.0 Å². The summed E-state index contributed by atoms with van der Waals surface area (Å²) in [4.78, 5) is 12.0. The maximum absolute atomic E-state index is 12.0. The van der Waals surface area contributed by atoms with Gasteiger partial charge in [0.25, 0.3) is 12.1 Å². The Morgan fingerprint density at radius 1 is 1.47 bits per heavy atom. The van der Waals surface area contributed by atoms with E-state index in [1.165, 1.54) is 0 Å². The molecule has 1 aromatic heterocycles. The fourth-order valence-corrected chi connectivity index (χ4v) is 2.05. The second-order valence-corrected chi connectivity index (χ2v) is 4.97. The van der Waals surface area contributed by atoms with Crippen LogP contribution in [0.5, 0.6) is 0 Å². The summed E-state index contributed by atoms with van der Waals surface area (Å²) in [6.45, 7) is 2.89. The van der Waals surface area contributed by atoms with E-state index in [0.29, 0.717) is 11.4 Å². The van der Waals surface area contributed by atoms with Gasteiger partial charge in [-0.3, -0.25) is 14.6 Å². The molecule has 5 nitrogen and oxygen atoms in total. The number of amides is 1. The maximum atomic E-state index is 12.0. The van der Waals surface area contributed by atoms with Crippen molar-refractivity contribution < 1.29 is 14.0 Å². The van der Waals surface area contributed by atoms with Crippen molar-refractivity contribution in [3.63, 3.8) is 0 Å². The molecular formula is C13H15BrN3O2+. The first-order valence-corrected chi connectivity index (χ1v) is 6.92. The number of carbonyl (C=O) groups is 1. The monoisotopic (exact) mass is 324 g/mol. The Balaban J connectivity index is 2.03. The highest BCUT2D eigenvalue weighted by Crippen LogP contribution is 2.17.